The molecule has 0 fully saturated rings. The highest BCUT2D eigenvalue weighted by atomic mass is 32.2. The Morgan fingerprint density at radius 2 is 1.92 bits per heavy atom. The molecule has 1 aromatic carbocycles. The maximum absolute atomic E-state index is 12.9. The zero-order valence-corrected chi connectivity index (χ0v) is 20.5. The van der Waals surface area contributed by atoms with Crippen molar-refractivity contribution in [2.24, 2.45) is 5.73 Å². The van der Waals surface area contributed by atoms with Gasteiger partial charge in [-0.15, -0.1) is 4.73 Å². The first-order valence-electron chi connectivity index (χ1n) is 10.4. The summed E-state index contributed by atoms with van der Waals surface area (Å²) in [5.41, 5.74) is 3.30. The van der Waals surface area contributed by atoms with E-state index in [-0.39, 0.29) is 17.9 Å². The van der Waals surface area contributed by atoms with Gasteiger partial charge in [-0.3, -0.25) is 34.7 Å². The Kier molecular flexibility index (Phi) is 9.55. The molecule has 212 valence electrons. The lowest BCUT2D eigenvalue weighted by Crippen LogP contribution is -2.42. The van der Waals surface area contributed by atoms with E-state index in [1.54, 1.807) is 4.72 Å². The van der Waals surface area contributed by atoms with Gasteiger partial charge in [-0.25, -0.2) is 18.7 Å². The van der Waals surface area contributed by atoms with E-state index in [0.717, 1.165) is 37.3 Å². The summed E-state index contributed by atoms with van der Waals surface area (Å²) >= 11 is 0. The van der Waals surface area contributed by atoms with Crippen LogP contribution >= 0.6 is 0 Å². The van der Waals surface area contributed by atoms with Crippen molar-refractivity contribution < 1.29 is 45.8 Å². The summed E-state index contributed by atoms with van der Waals surface area (Å²) in [6.45, 7) is 0.757. The number of rotatable bonds is 11. The number of carbonyl (C=O) groups excluding carboxylic acids is 2. The molecule has 2 aromatic rings. The van der Waals surface area contributed by atoms with Gasteiger partial charge in [0.2, 0.25) is 11.9 Å². The highest BCUT2D eigenvalue weighted by Crippen LogP contribution is 2.22. The van der Waals surface area contributed by atoms with Crippen LogP contribution in [0.25, 0.3) is 0 Å². The van der Waals surface area contributed by atoms with E-state index in [0.29, 0.717) is 6.07 Å². The minimum atomic E-state index is -5.57. The number of non-ortho nitro benzene ring substituents is 1. The summed E-state index contributed by atoms with van der Waals surface area (Å²) < 4.78 is 65.6. The van der Waals surface area contributed by atoms with Crippen LogP contribution in [0.1, 0.15) is 18.5 Å². The fourth-order valence-corrected chi connectivity index (χ4v) is 3.87. The second-order valence-electron chi connectivity index (χ2n) is 7.38. The number of nitro benzene ring substituents is 1. The predicted molar refractivity (Wildman–Crippen MR) is 125 cm³/mol. The molecule has 0 saturated heterocycles. The summed E-state index contributed by atoms with van der Waals surface area (Å²) in [5, 5.41) is 20.2. The Balaban J connectivity index is 2.42. The fraction of sp³-hybridized carbons (Fsp3) is 0.263. The van der Waals surface area contributed by atoms with E-state index in [9.17, 15) is 46.1 Å². The number of sulfonamides is 1. The summed E-state index contributed by atoms with van der Waals surface area (Å²) in [6, 6.07) is 5.31. The molecule has 1 amide bonds. The maximum atomic E-state index is 12.9. The first-order chi connectivity index (χ1) is 18.0. The number of anilines is 1. The number of halogens is 3. The van der Waals surface area contributed by atoms with Gasteiger partial charge in [-0.2, -0.15) is 13.2 Å². The number of pyridine rings is 1. The Morgan fingerprint density at radius 1 is 1.26 bits per heavy atom. The van der Waals surface area contributed by atoms with Crippen molar-refractivity contribution in [3.05, 3.63) is 62.6 Å². The third kappa shape index (κ3) is 8.13. The average molecular weight is 579 g/mol. The van der Waals surface area contributed by atoms with Crippen LogP contribution in [0.5, 0.6) is 0 Å². The third-order valence-electron chi connectivity index (χ3n) is 4.58. The van der Waals surface area contributed by atoms with Crippen molar-refractivity contribution in [2.75, 3.05) is 17.9 Å². The van der Waals surface area contributed by atoms with Crippen LogP contribution in [-0.2, 0) is 24.4 Å². The second-order valence-corrected chi connectivity index (χ2v) is 9.07. The van der Waals surface area contributed by atoms with E-state index >= 15 is 0 Å². The van der Waals surface area contributed by atoms with Crippen LogP contribution in [0.4, 0.5) is 24.5 Å². The lowest BCUT2D eigenvalue weighted by molar-refractivity contribution is -0.385. The van der Waals surface area contributed by atoms with Gasteiger partial charge in [0.25, 0.3) is 15.7 Å². The maximum Gasteiger partial charge on any atom is 0.493 e. The summed E-state index contributed by atoms with van der Waals surface area (Å²) in [7, 11) is -4.69. The zero-order valence-electron chi connectivity index (χ0n) is 19.6. The monoisotopic (exact) mass is 579 g/mol. The summed E-state index contributed by atoms with van der Waals surface area (Å²) in [5.74, 6) is -5.67. The van der Waals surface area contributed by atoms with Crippen LogP contribution in [0.15, 0.2) is 46.1 Å². The molecule has 0 aliphatic heterocycles. The minimum Gasteiger partial charge on any atom is -0.368 e. The van der Waals surface area contributed by atoms with Gasteiger partial charge in [0, 0.05) is 18.7 Å². The van der Waals surface area contributed by atoms with Crippen molar-refractivity contribution >= 4 is 39.2 Å². The molecule has 39 heavy (non-hydrogen) atoms. The van der Waals surface area contributed by atoms with Gasteiger partial charge >= 0.3 is 17.7 Å². The van der Waals surface area contributed by atoms with E-state index in [1.807, 2.05) is 5.48 Å². The van der Waals surface area contributed by atoms with Crippen molar-refractivity contribution in [3.63, 3.8) is 0 Å². The number of benzene rings is 1. The average Bonchev–Trinajstić information content (AvgIpc) is 2.84. The number of alkyl halides is 3. The number of hydrogen-bond donors (Lipinski definition) is 5. The molecule has 6 N–H and O–H groups in total. The molecule has 0 bridgehead atoms. The molecular weight excluding hydrogens is 559 g/mol. The molecule has 20 heteroatoms. The first-order valence-corrected chi connectivity index (χ1v) is 11.8. The Bertz CT molecular complexity index is 1440. The van der Waals surface area contributed by atoms with E-state index in [1.165, 1.54) is 0 Å². The van der Waals surface area contributed by atoms with Crippen LogP contribution in [0, 0.1) is 15.5 Å². The number of amides is 1. The number of hydrogen-bond acceptors (Lipinski definition) is 10. The first kappa shape index (κ1) is 30.5. The van der Waals surface area contributed by atoms with Gasteiger partial charge in [-0.1, -0.05) is 6.07 Å². The smallest absolute Gasteiger partial charge is 0.368 e. The number of carbonyl (C=O) groups is 2. The molecule has 1 aromatic heterocycles. The SMILES string of the molecule is CC(C(=O)NCCONC(=N)N)c1ccc(NS(=O)(=O)c2cccc([N+](=O)[O-])c2)c(=O)n1OC(=O)C(F)(F)F. The molecule has 0 aliphatic rings. The molecule has 1 atom stereocenters. The lowest BCUT2D eigenvalue weighted by Gasteiger charge is -2.19. The third-order valence-corrected chi connectivity index (χ3v) is 5.94. The van der Waals surface area contributed by atoms with Gasteiger partial charge < -0.3 is 15.9 Å². The molecule has 1 heterocycles. The number of hydroxylamine groups is 1. The van der Waals surface area contributed by atoms with Crippen LogP contribution in [-0.4, -0.2) is 55.2 Å². The number of guanidine groups is 1. The topological polar surface area (TPSA) is 238 Å². The van der Waals surface area contributed by atoms with Gasteiger partial charge in [0.1, 0.15) is 5.69 Å². The fourth-order valence-electron chi connectivity index (χ4n) is 2.77. The quantitative estimate of drug-likeness (QED) is 0.0762. The van der Waals surface area contributed by atoms with E-state index in [2.05, 4.69) is 10.2 Å². The molecular formula is C19H20F3N7O9S. The molecule has 2 rings (SSSR count). The van der Waals surface area contributed by atoms with E-state index < -0.39 is 72.4 Å². The lowest BCUT2D eigenvalue weighted by atomic mass is 10.1. The van der Waals surface area contributed by atoms with E-state index in [4.69, 9.17) is 16.0 Å². The van der Waals surface area contributed by atoms with Crippen molar-refractivity contribution in [2.45, 2.75) is 23.9 Å². The zero-order chi connectivity index (χ0) is 29.5. The van der Waals surface area contributed by atoms with Crippen molar-refractivity contribution in [1.82, 2.24) is 15.5 Å². The highest BCUT2D eigenvalue weighted by Gasteiger charge is 2.43. The Morgan fingerprint density at radius 3 is 2.51 bits per heavy atom. The Labute approximate surface area is 216 Å². The number of nitrogens with two attached hydrogens (primary N) is 1. The van der Waals surface area contributed by atoms with Gasteiger partial charge in [0.05, 0.1) is 28.0 Å². The summed E-state index contributed by atoms with van der Waals surface area (Å²) in [6.07, 6.45) is -5.57. The minimum absolute atomic E-state index is 0.183. The Hall–Kier alpha value is -4.72. The molecule has 0 spiro atoms. The summed E-state index contributed by atoms with van der Waals surface area (Å²) in [4.78, 5) is 55.2. The normalized spacial score (nSPS) is 12.2. The molecule has 0 aliphatic carbocycles. The molecule has 16 nitrogen and oxygen atoms in total. The number of aromatic nitrogens is 1. The molecule has 1 unspecified atom stereocenters. The van der Waals surface area contributed by atoms with Crippen molar-refractivity contribution in [3.8, 4) is 0 Å². The van der Waals surface area contributed by atoms with Crippen LogP contribution in [0.2, 0.25) is 0 Å². The number of nitrogens with zero attached hydrogens (tertiary/aromatic N) is 2. The molecule has 0 radical (unpaired) electrons. The number of nitrogens with one attached hydrogen (secondary N) is 4. The van der Waals surface area contributed by atoms with Crippen LogP contribution in [0.3, 0.4) is 0 Å². The predicted octanol–water partition coefficient (Wildman–Crippen LogP) is -0.291. The van der Waals surface area contributed by atoms with Gasteiger partial charge in [0.15, 0.2) is 0 Å². The highest BCUT2D eigenvalue weighted by molar-refractivity contribution is 7.92. The second kappa shape index (κ2) is 12.2. The van der Waals surface area contributed by atoms with Crippen LogP contribution < -0.4 is 31.6 Å². The number of nitro groups is 1. The van der Waals surface area contributed by atoms with Crippen molar-refractivity contribution in [1.29, 1.82) is 5.41 Å². The largest absolute Gasteiger partial charge is 0.493 e. The molecule has 0 saturated carbocycles. The standard InChI is InChI=1S/C19H20F3N7O9S/c1-10(15(30)25-7-8-37-26-18(23)24)14-6-5-13(16(31)28(14)38-17(32)19(20,21)22)27-39(35,36)12-4-2-3-11(9-12)29(33)34/h2-6,9-10,27H,7-8H2,1H3,(H,25,30)(H4,23,24,26). The van der Waals surface area contributed by atoms with Gasteiger partial charge in [-0.05, 0) is 25.1 Å².